The minimum atomic E-state index is 0.391. The summed E-state index contributed by atoms with van der Waals surface area (Å²) in [5.41, 5.74) is 3.26. The first-order chi connectivity index (χ1) is 13.6. The second-order valence-corrected chi connectivity index (χ2v) is 7.27. The number of nitrogens with zero attached hydrogens (tertiary/aromatic N) is 1. The summed E-state index contributed by atoms with van der Waals surface area (Å²) in [6.07, 6.45) is 1.82. The SMILES string of the molecule is COc1cc(/C=C(\C#N)c2ccccc2)c(Br)cc1OCc1ccc(Cl)cc1. The van der Waals surface area contributed by atoms with E-state index in [0.29, 0.717) is 28.7 Å². The van der Waals surface area contributed by atoms with Crippen molar-refractivity contribution in [3.63, 3.8) is 0 Å². The van der Waals surface area contributed by atoms with E-state index in [2.05, 4.69) is 22.0 Å². The van der Waals surface area contributed by atoms with Gasteiger partial charge in [-0.05, 0) is 47.0 Å². The molecule has 0 aliphatic carbocycles. The predicted octanol–water partition coefficient (Wildman–Crippen LogP) is 6.75. The summed E-state index contributed by atoms with van der Waals surface area (Å²) in [6, 6.07) is 23.0. The van der Waals surface area contributed by atoms with Crippen LogP contribution in [-0.2, 0) is 6.61 Å². The quantitative estimate of drug-likeness (QED) is 0.305. The van der Waals surface area contributed by atoms with Gasteiger partial charge >= 0.3 is 0 Å². The van der Waals surface area contributed by atoms with Gasteiger partial charge in [-0.2, -0.15) is 5.26 Å². The number of rotatable bonds is 6. The first-order valence-corrected chi connectivity index (χ1v) is 9.70. The van der Waals surface area contributed by atoms with E-state index in [-0.39, 0.29) is 0 Å². The molecular formula is C23H17BrClNO2. The van der Waals surface area contributed by atoms with Gasteiger partial charge in [-0.1, -0.05) is 70.0 Å². The fourth-order valence-corrected chi connectivity index (χ4v) is 3.19. The molecule has 0 aromatic heterocycles. The third-order valence-corrected chi connectivity index (χ3v) is 5.03. The standard InChI is InChI=1S/C23H17BrClNO2/c1-27-22-12-18(11-19(14-26)17-5-3-2-4-6-17)21(24)13-23(22)28-15-16-7-9-20(25)10-8-16/h2-13H,15H2,1H3/b19-11+. The van der Waals surface area contributed by atoms with Crippen molar-refractivity contribution in [2.75, 3.05) is 7.11 Å². The number of ether oxygens (including phenoxy) is 2. The van der Waals surface area contributed by atoms with Gasteiger partial charge in [-0.3, -0.25) is 0 Å². The first-order valence-electron chi connectivity index (χ1n) is 8.52. The van der Waals surface area contributed by atoms with Gasteiger partial charge in [0.25, 0.3) is 0 Å². The number of allylic oxidation sites excluding steroid dienone is 1. The Balaban J connectivity index is 1.88. The van der Waals surface area contributed by atoms with Gasteiger partial charge in [-0.25, -0.2) is 0 Å². The van der Waals surface area contributed by atoms with Gasteiger partial charge < -0.3 is 9.47 Å². The fraction of sp³-hybridized carbons (Fsp3) is 0.0870. The zero-order chi connectivity index (χ0) is 19.9. The van der Waals surface area contributed by atoms with Crippen LogP contribution in [0.15, 0.2) is 71.2 Å². The van der Waals surface area contributed by atoms with Crippen LogP contribution in [0.3, 0.4) is 0 Å². The van der Waals surface area contributed by atoms with Gasteiger partial charge in [0.2, 0.25) is 0 Å². The summed E-state index contributed by atoms with van der Waals surface area (Å²) in [4.78, 5) is 0. The maximum absolute atomic E-state index is 9.54. The van der Waals surface area contributed by atoms with E-state index in [4.69, 9.17) is 21.1 Å². The molecule has 0 spiro atoms. The van der Waals surface area contributed by atoms with E-state index in [0.717, 1.165) is 21.2 Å². The zero-order valence-electron chi connectivity index (χ0n) is 15.2. The van der Waals surface area contributed by atoms with E-state index >= 15 is 0 Å². The third kappa shape index (κ3) is 4.95. The highest BCUT2D eigenvalue weighted by molar-refractivity contribution is 9.10. The van der Waals surface area contributed by atoms with Crippen LogP contribution in [0.1, 0.15) is 16.7 Å². The Kier molecular flexibility index (Phi) is 6.76. The van der Waals surface area contributed by atoms with Crippen molar-refractivity contribution in [2.24, 2.45) is 0 Å². The lowest BCUT2D eigenvalue weighted by molar-refractivity contribution is 0.284. The van der Waals surface area contributed by atoms with Crippen LogP contribution in [-0.4, -0.2) is 7.11 Å². The molecule has 5 heteroatoms. The molecule has 0 aliphatic rings. The molecule has 3 nitrogen and oxygen atoms in total. The molecule has 3 rings (SSSR count). The molecule has 0 bridgehead atoms. The molecule has 0 atom stereocenters. The van der Waals surface area contributed by atoms with Crippen molar-refractivity contribution in [1.82, 2.24) is 0 Å². The molecule has 0 amide bonds. The van der Waals surface area contributed by atoms with Crippen LogP contribution < -0.4 is 9.47 Å². The molecule has 0 radical (unpaired) electrons. The van der Waals surface area contributed by atoms with Gasteiger partial charge in [0.15, 0.2) is 11.5 Å². The minimum Gasteiger partial charge on any atom is -0.493 e. The lowest BCUT2D eigenvalue weighted by Crippen LogP contribution is -1.98. The molecule has 3 aromatic rings. The average Bonchev–Trinajstić information content (AvgIpc) is 2.73. The van der Waals surface area contributed by atoms with E-state index in [9.17, 15) is 5.26 Å². The third-order valence-electron chi connectivity index (χ3n) is 4.10. The average molecular weight is 455 g/mol. The van der Waals surface area contributed by atoms with Crippen molar-refractivity contribution in [1.29, 1.82) is 5.26 Å². The van der Waals surface area contributed by atoms with Gasteiger partial charge in [0, 0.05) is 9.50 Å². The number of hydrogen-bond donors (Lipinski definition) is 0. The van der Waals surface area contributed by atoms with E-state index in [1.807, 2.05) is 72.8 Å². The smallest absolute Gasteiger partial charge is 0.162 e. The number of halogens is 2. The Labute approximate surface area is 177 Å². The van der Waals surface area contributed by atoms with Crippen molar-refractivity contribution in [2.45, 2.75) is 6.61 Å². The summed E-state index contributed by atoms with van der Waals surface area (Å²) in [5, 5.41) is 10.2. The van der Waals surface area contributed by atoms with Crippen molar-refractivity contribution >= 4 is 39.2 Å². The van der Waals surface area contributed by atoms with Crippen molar-refractivity contribution in [3.8, 4) is 17.6 Å². The summed E-state index contributed by atoms with van der Waals surface area (Å²) in [6.45, 7) is 0.391. The predicted molar refractivity (Wildman–Crippen MR) is 116 cm³/mol. The summed E-state index contributed by atoms with van der Waals surface area (Å²) in [5.74, 6) is 1.20. The zero-order valence-corrected chi connectivity index (χ0v) is 17.5. The van der Waals surface area contributed by atoms with E-state index in [1.165, 1.54) is 0 Å². The summed E-state index contributed by atoms with van der Waals surface area (Å²) in [7, 11) is 1.59. The minimum absolute atomic E-state index is 0.391. The van der Waals surface area contributed by atoms with Crippen molar-refractivity contribution in [3.05, 3.63) is 92.9 Å². The molecule has 28 heavy (non-hydrogen) atoms. The monoisotopic (exact) mass is 453 g/mol. The number of benzene rings is 3. The lowest BCUT2D eigenvalue weighted by Gasteiger charge is -2.13. The summed E-state index contributed by atoms with van der Waals surface area (Å²) < 4.78 is 12.2. The Hall–Kier alpha value is -2.74. The molecular weight excluding hydrogens is 438 g/mol. The van der Waals surface area contributed by atoms with Crippen LogP contribution in [0.2, 0.25) is 5.02 Å². The normalized spacial score (nSPS) is 11.0. The molecule has 0 heterocycles. The first kappa shape index (κ1) is 20.0. The number of methoxy groups -OCH3 is 1. The van der Waals surface area contributed by atoms with Gasteiger partial charge in [0.05, 0.1) is 18.8 Å². The Morgan fingerprint density at radius 3 is 2.43 bits per heavy atom. The highest BCUT2D eigenvalue weighted by Crippen LogP contribution is 2.36. The largest absolute Gasteiger partial charge is 0.493 e. The maximum Gasteiger partial charge on any atom is 0.162 e. The maximum atomic E-state index is 9.54. The molecule has 0 aliphatic heterocycles. The fourth-order valence-electron chi connectivity index (χ4n) is 2.63. The van der Waals surface area contributed by atoms with E-state index < -0.39 is 0 Å². The molecule has 0 fully saturated rings. The molecule has 0 saturated carbocycles. The molecule has 140 valence electrons. The van der Waals surface area contributed by atoms with Crippen molar-refractivity contribution < 1.29 is 9.47 Å². The lowest BCUT2D eigenvalue weighted by atomic mass is 10.0. The summed E-state index contributed by atoms with van der Waals surface area (Å²) >= 11 is 9.49. The second kappa shape index (κ2) is 9.45. The Morgan fingerprint density at radius 2 is 1.79 bits per heavy atom. The highest BCUT2D eigenvalue weighted by Gasteiger charge is 2.11. The highest BCUT2D eigenvalue weighted by atomic mass is 79.9. The van der Waals surface area contributed by atoms with Crippen LogP contribution in [0.5, 0.6) is 11.5 Å². The topological polar surface area (TPSA) is 42.2 Å². The van der Waals surface area contributed by atoms with Crippen LogP contribution in [0, 0.1) is 11.3 Å². The number of hydrogen-bond acceptors (Lipinski definition) is 3. The van der Waals surface area contributed by atoms with Crippen LogP contribution in [0.4, 0.5) is 0 Å². The Bertz CT molecular complexity index is 1020. The molecule has 0 N–H and O–H groups in total. The number of nitriles is 1. The van der Waals surface area contributed by atoms with Crippen LogP contribution in [0.25, 0.3) is 11.6 Å². The van der Waals surface area contributed by atoms with Gasteiger partial charge in [0.1, 0.15) is 6.61 Å². The molecule has 0 unspecified atom stereocenters. The van der Waals surface area contributed by atoms with Gasteiger partial charge in [-0.15, -0.1) is 0 Å². The van der Waals surface area contributed by atoms with Crippen LogP contribution >= 0.6 is 27.5 Å². The second-order valence-electron chi connectivity index (χ2n) is 5.98. The molecule has 3 aromatic carbocycles. The molecule has 0 saturated heterocycles. The van der Waals surface area contributed by atoms with E-state index in [1.54, 1.807) is 7.11 Å². The Morgan fingerprint density at radius 1 is 1.07 bits per heavy atom.